The van der Waals surface area contributed by atoms with Gasteiger partial charge >= 0.3 is 0 Å². The fourth-order valence-electron chi connectivity index (χ4n) is 2.06. The number of nitrogens with zero attached hydrogens (tertiary/aromatic N) is 3. The quantitative estimate of drug-likeness (QED) is 0.886. The lowest BCUT2D eigenvalue weighted by Gasteiger charge is -2.06. The van der Waals surface area contributed by atoms with Crippen LogP contribution in [0, 0.1) is 17.2 Å². The van der Waals surface area contributed by atoms with Gasteiger partial charge in [0.15, 0.2) is 5.56 Å². The number of benzene rings is 1. The molecule has 0 unspecified atom stereocenters. The van der Waals surface area contributed by atoms with Crippen LogP contribution in [-0.2, 0) is 13.2 Å². The minimum Gasteiger partial charge on any atom is -0.497 e. The second-order valence-corrected chi connectivity index (χ2v) is 5.39. The van der Waals surface area contributed by atoms with E-state index in [4.69, 9.17) is 15.2 Å². The summed E-state index contributed by atoms with van der Waals surface area (Å²) in [5, 5.41) is 13.5. The number of hydrogen-bond acceptors (Lipinski definition) is 5. The van der Waals surface area contributed by atoms with Crippen molar-refractivity contribution in [2.45, 2.75) is 27.0 Å². The van der Waals surface area contributed by atoms with Crippen molar-refractivity contribution in [1.29, 1.82) is 5.26 Å². The van der Waals surface area contributed by atoms with Gasteiger partial charge in [-0.1, -0.05) is 26.0 Å². The largest absolute Gasteiger partial charge is 0.497 e. The Morgan fingerprint density at radius 1 is 1.41 bits per heavy atom. The molecule has 116 valence electrons. The first kappa shape index (κ1) is 15.7. The Kier molecular flexibility index (Phi) is 4.89. The summed E-state index contributed by atoms with van der Waals surface area (Å²) in [6.07, 6.45) is 0. The van der Waals surface area contributed by atoms with Gasteiger partial charge in [-0.25, -0.2) is 4.68 Å². The third-order valence-electron chi connectivity index (χ3n) is 3.12. The highest BCUT2D eigenvalue weighted by atomic mass is 16.5. The number of nitriles is 1. The third kappa shape index (κ3) is 3.50. The molecule has 2 aromatic rings. The minimum atomic E-state index is 0.267. The molecular formula is C16H20N4O2. The summed E-state index contributed by atoms with van der Waals surface area (Å²) < 4.78 is 12.5. The summed E-state index contributed by atoms with van der Waals surface area (Å²) in [4.78, 5) is 0. The van der Waals surface area contributed by atoms with Gasteiger partial charge in [0.2, 0.25) is 0 Å². The third-order valence-corrected chi connectivity index (χ3v) is 3.12. The van der Waals surface area contributed by atoms with Crippen LogP contribution in [0.1, 0.15) is 25.0 Å². The molecule has 0 fully saturated rings. The molecule has 1 heterocycles. The maximum absolute atomic E-state index is 9.24. The predicted molar refractivity (Wildman–Crippen MR) is 83.5 cm³/mol. The molecule has 0 aliphatic carbocycles. The molecule has 1 aromatic carbocycles. The Labute approximate surface area is 130 Å². The van der Waals surface area contributed by atoms with Crippen molar-refractivity contribution in [2.75, 3.05) is 12.8 Å². The fraction of sp³-hybridized carbons (Fsp3) is 0.375. The maximum atomic E-state index is 9.24. The minimum absolute atomic E-state index is 0.267. The van der Waals surface area contributed by atoms with E-state index < -0.39 is 0 Å². The number of aromatic nitrogens is 2. The molecule has 0 radical (unpaired) electrons. The second-order valence-electron chi connectivity index (χ2n) is 5.39. The van der Waals surface area contributed by atoms with Crippen molar-refractivity contribution in [2.24, 2.45) is 5.92 Å². The number of ether oxygens (including phenoxy) is 2. The van der Waals surface area contributed by atoms with E-state index in [-0.39, 0.29) is 11.4 Å². The Hall–Kier alpha value is -2.68. The van der Waals surface area contributed by atoms with Crippen LogP contribution in [0.25, 0.3) is 0 Å². The topological polar surface area (TPSA) is 86.1 Å². The molecule has 6 nitrogen and oxygen atoms in total. The predicted octanol–water partition coefficient (Wildman–Crippen LogP) is 2.58. The molecule has 1 aromatic heterocycles. The number of hydrogen-bond donors (Lipinski definition) is 1. The summed E-state index contributed by atoms with van der Waals surface area (Å²) in [7, 11) is 1.61. The zero-order valence-corrected chi connectivity index (χ0v) is 13.0. The van der Waals surface area contributed by atoms with E-state index in [1.165, 1.54) is 0 Å². The molecule has 0 aliphatic heterocycles. The Morgan fingerprint density at radius 2 is 2.18 bits per heavy atom. The summed E-state index contributed by atoms with van der Waals surface area (Å²) in [5.74, 6) is 1.74. The zero-order valence-electron chi connectivity index (χ0n) is 13.0. The van der Waals surface area contributed by atoms with Crippen LogP contribution >= 0.6 is 0 Å². The summed E-state index contributed by atoms with van der Waals surface area (Å²) >= 11 is 0. The lowest BCUT2D eigenvalue weighted by molar-refractivity contribution is 0.286. The Bertz CT molecular complexity index is 686. The van der Waals surface area contributed by atoms with Crippen molar-refractivity contribution in [3.8, 4) is 17.7 Å². The average Bonchev–Trinajstić information content (AvgIpc) is 2.80. The molecule has 22 heavy (non-hydrogen) atoms. The molecule has 6 heteroatoms. The number of methoxy groups -OCH3 is 1. The summed E-state index contributed by atoms with van der Waals surface area (Å²) in [5.41, 5.74) is 7.17. The van der Waals surface area contributed by atoms with Gasteiger partial charge in [-0.15, -0.1) is 5.10 Å². The zero-order chi connectivity index (χ0) is 16.1. The molecular weight excluding hydrogens is 280 g/mol. The van der Waals surface area contributed by atoms with E-state index in [2.05, 4.69) is 25.0 Å². The number of nitrogens with two attached hydrogens (primary N) is 1. The number of anilines is 1. The van der Waals surface area contributed by atoms with Crippen LogP contribution in [0.4, 0.5) is 5.82 Å². The van der Waals surface area contributed by atoms with Gasteiger partial charge in [0.25, 0.3) is 5.88 Å². The fourth-order valence-corrected chi connectivity index (χ4v) is 2.06. The van der Waals surface area contributed by atoms with E-state index in [1.54, 1.807) is 11.8 Å². The number of rotatable bonds is 6. The van der Waals surface area contributed by atoms with Crippen LogP contribution in [0.15, 0.2) is 24.3 Å². The lowest BCUT2D eigenvalue weighted by atomic mass is 10.2. The molecule has 0 bridgehead atoms. The van der Waals surface area contributed by atoms with Crippen LogP contribution in [-0.4, -0.2) is 16.9 Å². The van der Waals surface area contributed by atoms with Gasteiger partial charge in [0.05, 0.1) is 7.11 Å². The molecule has 0 saturated carbocycles. The van der Waals surface area contributed by atoms with E-state index in [0.717, 1.165) is 11.3 Å². The van der Waals surface area contributed by atoms with Crippen molar-refractivity contribution in [3.63, 3.8) is 0 Å². The van der Waals surface area contributed by atoms with E-state index >= 15 is 0 Å². The smallest absolute Gasteiger partial charge is 0.253 e. The highest BCUT2D eigenvalue weighted by Gasteiger charge is 2.17. The van der Waals surface area contributed by atoms with E-state index in [1.807, 2.05) is 24.3 Å². The monoisotopic (exact) mass is 300 g/mol. The molecule has 0 saturated heterocycles. The highest BCUT2D eigenvalue weighted by Crippen LogP contribution is 2.25. The molecule has 0 atom stereocenters. The van der Waals surface area contributed by atoms with Crippen LogP contribution in [0.2, 0.25) is 0 Å². The summed E-state index contributed by atoms with van der Waals surface area (Å²) in [6, 6.07) is 9.60. The van der Waals surface area contributed by atoms with Gasteiger partial charge < -0.3 is 15.2 Å². The molecule has 2 N–H and O–H groups in total. The van der Waals surface area contributed by atoms with Gasteiger partial charge in [-0.05, 0) is 23.6 Å². The van der Waals surface area contributed by atoms with Crippen LogP contribution in [0.3, 0.4) is 0 Å². The van der Waals surface area contributed by atoms with E-state index in [0.29, 0.717) is 24.9 Å². The Morgan fingerprint density at radius 3 is 2.82 bits per heavy atom. The first-order chi connectivity index (χ1) is 10.5. The SMILES string of the molecule is COc1cccc(COc2nn(CC(C)C)c(N)c2C#N)c1. The summed E-state index contributed by atoms with van der Waals surface area (Å²) in [6.45, 7) is 5.06. The Balaban J connectivity index is 2.17. The first-order valence-corrected chi connectivity index (χ1v) is 7.07. The van der Waals surface area contributed by atoms with Gasteiger partial charge in [-0.2, -0.15) is 5.26 Å². The second kappa shape index (κ2) is 6.85. The lowest BCUT2D eigenvalue weighted by Crippen LogP contribution is -2.09. The highest BCUT2D eigenvalue weighted by molar-refractivity contribution is 5.55. The van der Waals surface area contributed by atoms with Crippen molar-refractivity contribution < 1.29 is 9.47 Å². The molecule has 0 spiro atoms. The first-order valence-electron chi connectivity index (χ1n) is 7.07. The van der Waals surface area contributed by atoms with Crippen molar-refractivity contribution in [3.05, 3.63) is 35.4 Å². The van der Waals surface area contributed by atoms with Crippen molar-refractivity contribution in [1.82, 2.24) is 9.78 Å². The molecule has 2 rings (SSSR count). The van der Waals surface area contributed by atoms with Gasteiger partial charge in [-0.3, -0.25) is 0 Å². The van der Waals surface area contributed by atoms with Gasteiger partial charge in [0.1, 0.15) is 24.2 Å². The van der Waals surface area contributed by atoms with Crippen LogP contribution in [0.5, 0.6) is 11.6 Å². The van der Waals surface area contributed by atoms with Crippen molar-refractivity contribution >= 4 is 5.82 Å². The number of nitrogen functional groups attached to an aromatic ring is 1. The maximum Gasteiger partial charge on any atom is 0.253 e. The molecule has 0 amide bonds. The van der Waals surface area contributed by atoms with Crippen LogP contribution < -0.4 is 15.2 Å². The average molecular weight is 300 g/mol. The van der Waals surface area contributed by atoms with Gasteiger partial charge in [0, 0.05) is 6.54 Å². The standard InChI is InChI=1S/C16H20N4O2/c1-11(2)9-20-15(18)14(8-17)16(19-20)22-10-12-5-4-6-13(7-12)21-3/h4-7,11H,9-10,18H2,1-3H3. The molecule has 0 aliphatic rings. The van der Waals surface area contributed by atoms with E-state index in [9.17, 15) is 5.26 Å². The normalized spacial score (nSPS) is 10.5.